The van der Waals surface area contributed by atoms with Crippen molar-refractivity contribution < 1.29 is 47.1 Å². The van der Waals surface area contributed by atoms with Crippen molar-refractivity contribution in [2.24, 2.45) is 12.8 Å². The van der Waals surface area contributed by atoms with Gasteiger partial charge in [0, 0.05) is 29.1 Å². The molecule has 10 atom stereocenters. The zero-order chi connectivity index (χ0) is 39.9. The minimum Gasteiger partial charge on any atom is -0.455 e. The third-order valence-electron chi connectivity index (χ3n) is 9.30. The second-order valence-electron chi connectivity index (χ2n) is 12.9. The summed E-state index contributed by atoms with van der Waals surface area (Å²) in [6, 6.07) is 7.30. The Hall–Kier alpha value is -4.98. The number of hydrogen-bond acceptors (Lipinski definition) is 19. The molecule has 2 fully saturated rings. The number of imidazole rings is 2. The summed E-state index contributed by atoms with van der Waals surface area (Å²) in [5.41, 5.74) is 19.4. The molecule has 56 heavy (non-hydrogen) atoms. The lowest BCUT2D eigenvalue weighted by Gasteiger charge is -2.24. The van der Waals surface area contributed by atoms with Crippen LogP contribution in [0.25, 0.3) is 22.2 Å². The van der Waals surface area contributed by atoms with Gasteiger partial charge in [-0.25, -0.2) is 29.3 Å². The SMILES string of the molecule is Cn1c(C#N)nc2ccc(C[C@H](N)C(=O)O[C@H]3[C@@H](O)[C@H](n4cnc5c(N)ncnc54)O[C@@H]3COP(=O)(O)O[C@H]3C[C@H](n4ccc(N)nc4=O)O[C@@H]3COP)cc21. The quantitative estimate of drug-likeness (QED) is 0.0727. The van der Waals surface area contributed by atoms with E-state index in [2.05, 4.69) is 24.9 Å². The van der Waals surface area contributed by atoms with Gasteiger partial charge in [0.1, 0.15) is 60.4 Å². The van der Waals surface area contributed by atoms with Gasteiger partial charge in [-0.05, 0) is 30.2 Å². The summed E-state index contributed by atoms with van der Waals surface area (Å²) in [5, 5.41) is 20.9. The number of nitrogen functional groups attached to an aromatic ring is 2. The fourth-order valence-corrected chi connectivity index (χ4v) is 7.70. The van der Waals surface area contributed by atoms with Crippen molar-refractivity contribution in [1.29, 1.82) is 5.26 Å². The van der Waals surface area contributed by atoms with Gasteiger partial charge in [-0.2, -0.15) is 10.2 Å². The molecule has 8 N–H and O–H groups in total. The number of esters is 1. The molecule has 0 amide bonds. The molecular weight excluding hydrogens is 778 g/mol. The molecule has 25 heteroatoms. The van der Waals surface area contributed by atoms with Crippen LogP contribution in [0, 0.1) is 11.3 Å². The van der Waals surface area contributed by atoms with Gasteiger partial charge in [0.2, 0.25) is 5.82 Å². The number of aliphatic hydroxyl groups is 1. The van der Waals surface area contributed by atoms with Crippen LogP contribution < -0.4 is 22.9 Å². The summed E-state index contributed by atoms with van der Waals surface area (Å²) in [5.74, 6) is -0.667. The number of ether oxygens (including phenoxy) is 3. The molecule has 0 bridgehead atoms. The molecule has 7 rings (SSSR count). The lowest BCUT2D eigenvalue weighted by atomic mass is 10.1. The normalized spacial score (nSPS) is 25.3. The van der Waals surface area contributed by atoms with Crippen LogP contribution in [0.5, 0.6) is 0 Å². The van der Waals surface area contributed by atoms with E-state index in [1.165, 1.54) is 29.5 Å². The Kier molecular flexibility index (Phi) is 11.1. The number of carbonyl (C=O) groups is 1. The predicted octanol–water partition coefficient (Wildman–Crippen LogP) is -0.658. The zero-order valence-electron chi connectivity index (χ0n) is 29.3. The summed E-state index contributed by atoms with van der Waals surface area (Å²) in [7, 11) is -1.25. The minimum absolute atomic E-state index is 0.000204. The molecule has 296 valence electrons. The smallest absolute Gasteiger partial charge is 0.455 e. The molecule has 2 aliphatic heterocycles. The van der Waals surface area contributed by atoms with E-state index in [1.54, 1.807) is 29.8 Å². The maximum Gasteiger partial charge on any atom is 0.472 e. The lowest BCUT2D eigenvalue weighted by molar-refractivity contribution is -0.158. The van der Waals surface area contributed by atoms with Gasteiger partial charge in [-0.15, -0.1) is 0 Å². The summed E-state index contributed by atoms with van der Waals surface area (Å²) < 4.78 is 51.2. The van der Waals surface area contributed by atoms with Crippen LogP contribution in [-0.2, 0) is 50.6 Å². The van der Waals surface area contributed by atoms with Crippen molar-refractivity contribution in [3.8, 4) is 6.07 Å². The average Bonchev–Trinajstić information content (AvgIpc) is 3.92. The second-order valence-corrected chi connectivity index (χ2v) is 14.7. The van der Waals surface area contributed by atoms with E-state index < -0.39 is 75.1 Å². The molecule has 6 heterocycles. The predicted molar refractivity (Wildman–Crippen MR) is 194 cm³/mol. The van der Waals surface area contributed by atoms with Gasteiger partial charge in [-0.3, -0.25) is 23.0 Å². The Labute approximate surface area is 318 Å². The molecule has 1 aromatic carbocycles. The summed E-state index contributed by atoms with van der Waals surface area (Å²) in [6.07, 6.45) is -5.02. The molecule has 0 spiro atoms. The van der Waals surface area contributed by atoms with E-state index in [1.807, 2.05) is 15.5 Å². The highest BCUT2D eigenvalue weighted by molar-refractivity contribution is 7.47. The molecule has 4 aromatic heterocycles. The Morgan fingerprint density at radius 3 is 2.71 bits per heavy atom. The van der Waals surface area contributed by atoms with Crippen molar-refractivity contribution in [3.63, 3.8) is 0 Å². The molecule has 2 aliphatic rings. The maximum atomic E-state index is 13.5. The first-order valence-corrected chi connectivity index (χ1v) is 18.8. The van der Waals surface area contributed by atoms with Crippen LogP contribution >= 0.6 is 17.3 Å². The monoisotopic (exact) mass is 814 g/mol. The fourth-order valence-electron chi connectivity index (χ4n) is 6.55. The summed E-state index contributed by atoms with van der Waals surface area (Å²) in [6.45, 7) is -0.843. The van der Waals surface area contributed by atoms with Crippen LogP contribution in [-0.4, -0.2) is 104 Å². The zero-order valence-corrected chi connectivity index (χ0v) is 31.4. The highest BCUT2D eigenvalue weighted by Gasteiger charge is 2.50. The van der Waals surface area contributed by atoms with E-state index >= 15 is 0 Å². The van der Waals surface area contributed by atoms with E-state index in [0.29, 0.717) is 16.6 Å². The molecule has 2 unspecified atom stereocenters. The first-order chi connectivity index (χ1) is 26.8. The molecule has 2 saturated heterocycles. The Balaban J connectivity index is 1.08. The number of aromatic nitrogens is 8. The highest BCUT2D eigenvalue weighted by Crippen LogP contribution is 2.49. The number of anilines is 2. The van der Waals surface area contributed by atoms with Crippen LogP contribution in [0.2, 0.25) is 0 Å². The van der Waals surface area contributed by atoms with E-state index in [-0.39, 0.29) is 48.1 Å². The van der Waals surface area contributed by atoms with E-state index in [9.17, 15) is 29.4 Å². The minimum atomic E-state index is -4.96. The van der Waals surface area contributed by atoms with E-state index in [0.717, 1.165) is 4.57 Å². The number of aryl methyl sites for hydroxylation is 1. The number of benzene rings is 1. The number of phosphoric acid groups is 1. The highest BCUT2D eigenvalue weighted by atomic mass is 31.2. The van der Waals surface area contributed by atoms with Crippen LogP contribution in [0.3, 0.4) is 0 Å². The first-order valence-electron chi connectivity index (χ1n) is 16.8. The van der Waals surface area contributed by atoms with Gasteiger partial charge in [0.25, 0.3) is 0 Å². The number of rotatable bonds is 13. The number of nitrogens with two attached hydrogens (primary N) is 3. The largest absolute Gasteiger partial charge is 0.472 e. The Bertz CT molecular complexity index is 2420. The maximum absolute atomic E-state index is 13.5. The first kappa shape index (κ1) is 39.3. The lowest BCUT2D eigenvalue weighted by Crippen LogP contribution is -2.43. The van der Waals surface area contributed by atoms with Crippen molar-refractivity contribution >= 4 is 57.1 Å². The van der Waals surface area contributed by atoms with Crippen molar-refractivity contribution in [2.45, 2.75) is 61.9 Å². The summed E-state index contributed by atoms with van der Waals surface area (Å²) >= 11 is 0. The fraction of sp³-hybridized carbons (Fsp3) is 0.419. The third kappa shape index (κ3) is 7.85. The molecule has 23 nitrogen and oxygen atoms in total. The molecule has 0 aliphatic carbocycles. The number of nitriles is 1. The second kappa shape index (κ2) is 15.9. The third-order valence-corrected chi connectivity index (χ3v) is 10.5. The van der Waals surface area contributed by atoms with Gasteiger partial charge >= 0.3 is 19.5 Å². The average molecular weight is 815 g/mol. The van der Waals surface area contributed by atoms with Gasteiger partial charge < -0.3 is 50.5 Å². The van der Waals surface area contributed by atoms with Crippen LogP contribution in [0.1, 0.15) is 30.3 Å². The molecule has 0 radical (unpaired) electrons. The number of carbonyl (C=O) groups excluding carboxylic acids is 1. The van der Waals surface area contributed by atoms with Crippen LogP contribution in [0.15, 0.2) is 47.9 Å². The number of aliphatic hydroxyl groups excluding tert-OH is 1. The number of fused-ring (bicyclic) bond motifs is 2. The van der Waals surface area contributed by atoms with Crippen molar-refractivity contribution in [2.75, 3.05) is 24.7 Å². The number of nitrogens with zero attached hydrogens (tertiary/aromatic N) is 9. The Morgan fingerprint density at radius 1 is 1.16 bits per heavy atom. The number of hydrogen-bond donors (Lipinski definition) is 5. The summed E-state index contributed by atoms with van der Waals surface area (Å²) in [4.78, 5) is 57.0. The van der Waals surface area contributed by atoms with Crippen LogP contribution in [0.4, 0.5) is 11.6 Å². The van der Waals surface area contributed by atoms with Crippen molar-refractivity contribution in [1.82, 2.24) is 38.6 Å². The Morgan fingerprint density at radius 2 is 1.96 bits per heavy atom. The van der Waals surface area contributed by atoms with Crippen molar-refractivity contribution in [3.05, 3.63) is 65.0 Å². The van der Waals surface area contributed by atoms with Gasteiger partial charge in [0.15, 0.2) is 23.8 Å². The van der Waals surface area contributed by atoms with Gasteiger partial charge in [-0.1, -0.05) is 6.07 Å². The topological polar surface area (TPSA) is 328 Å². The van der Waals surface area contributed by atoms with E-state index in [4.69, 9.17) is 45.0 Å². The molecule has 0 saturated carbocycles. The standard InChI is InChI=1S/C31H36N12O11P2/c1-41-17-7-14(2-3-16(17)39-22(41)9-32)6-15(33)30(45)53-26-20(52-29(25(26)44)43-13-38-24-27(35)36-12-37-28(24)43)11-50-56(47,48)54-18-8-23(51-19(18)10-49-55)42-5-4-21(34)40-31(42)46/h2-5,7,12-13,15,18-20,23,25-26,29,44H,6,8,10-11,33,55H2,1H3,(H,47,48)(H2,34,40,46)(H2,35,36,37)/t15-,18-,19+,20+,23+,25+,26+,29+/m0/s1. The molecule has 5 aromatic rings. The molecular formula is C31H36N12O11P2. The van der Waals surface area contributed by atoms with Gasteiger partial charge in [0.05, 0.1) is 30.6 Å². The number of phosphoric ester groups is 1.